The fourth-order valence-electron chi connectivity index (χ4n) is 2.17. The minimum Gasteiger partial charge on any atom is -0.375 e. The maximum Gasteiger partial charge on any atom is 0.313 e. The molecule has 0 aliphatic rings. The lowest BCUT2D eigenvalue weighted by Crippen LogP contribution is -2.38. The summed E-state index contributed by atoms with van der Waals surface area (Å²) in [6.07, 6.45) is -0.607. The zero-order valence-electron chi connectivity index (χ0n) is 13.8. The number of rotatable bonds is 5. The van der Waals surface area contributed by atoms with Crippen molar-refractivity contribution in [2.45, 2.75) is 13.0 Å². The molecular formula is C18H18F2N2O3. The van der Waals surface area contributed by atoms with Crippen LogP contribution in [0.25, 0.3) is 0 Å². The van der Waals surface area contributed by atoms with Crippen LogP contribution in [0.5, 0.6) is 0 Å². The molecule has 0 radical (unpaired) electrons. The first-order chi connectivity index (χ1) is 11.9. The Morgan fingerprint density at radius 3 is 2.52 bits per heavy atom. The van der Waals surface area contributed by atoms with Gasteiger partial charge in [-0.3, -0.25) is 9.59 Å². The van der Waals surface area contributed by atoms with Gasteiger partial charge in [0, 0.05) is 19.3 Å². The number of anilines is 1. The van der Waals surface area contributed by atoms with Gasteiger partial charge in [0.05, 0.1) is 6.10 Å². The summed E-state index contributed by atoms with van der Waals surface area (Å²) in [5.41, 5.74) is 1.14. The first kappa shape index (κ1) is 18.5. The molecule has 0 spiro atoms. The van der Waals surface area contributed by atoms with Crippen molar-refractivity contribution < 1.29 is 23.1 Å². The summed E-state index contributed by atoms with van der Waals surface area (Å²) in [7, 11) is 1.41. The van der Waals surface area contributed by atoms with Gasteiger partial charge in [0.25, 0.3) is 0 Å². The normalized spacial score (nSPS) is 11.7. The maximum atomic E-state index is 13.5. The van der Waals surface area contributed by atoms with E-state index in [2.05, 4.69) is 10.6 Å². The summed E-state index contributed by atoms with van der Waals surface area (Å²) in [4.78, 5) is 23.7. The summed E-state index contributed by atoms with van der Waals surface area (Å²) in [6.45, 7) is 1.57. The predicted octanol–water partition coefficient (Wildman–Crippen LogP) is 2.72. The highest BCUT2D eigenvalue weighted by atomic mass is 19.1. The van der Waals surface area contributed by atoms with Crippen molar-refractivity contribution in [2.75, 3.05) is 19.0 Å². The Bertz CT molecular complexity index is 781. The lowest BCUT2D eigenvalue weighted by atomic mass is 10.1. The van der Waals surface area contributed by atoms with Crippen LogP contribution >= 0.6 is 0 Å². The van der Waals surface area contributed by atoms with Gasteiger partial charge < -0.3 is 15.4 Å². The van der Waals surface area contributed by atoms with Crippen LogP contribution in [0.4, 0.5) is 14.5 Å². The Hall–Kier alpha value is -2.80. The van der Waals surface area contributed by atoms with Crippen LogP contribution in [-0.4, -0.2) is 25.5 Å². The van der Waals surface area contributed by atoms with E-state index < -0.39 is 29.6 Å². The average Bonchev–Trinajstić information content (AvgIpc) is 2.58. The Labute approximate surface area is 144 Å². The number of benzene rings is 2. The molecule has 0 aliphatic heterocycles. The van der Waals surface area contributed by atoms with Crippen LogP contribution in [0.1, 0.15) is 17.2 Å². The van der Waals surface area contributed by atoms with Gasteiger partial charge in [-0.1, -0.05) is 18.2 Å². The van der Waals surface area contributed by atoms with Crippen molar-refractivity contribution in [1.29, 1.82) is 0 Å². The first-order valence-electron chi connectivity index (χ1n) is 7.54. The SMILES string of the molecule is CO[C@H](CNC(=O)C(=O)Nc1ccc(C)c(F)c1)c1cccc(F)c1. The molecule has 0 saturated heterocycles. The number of amides is 2. The van der Waals surface area contributed by atoms with Gasteiger partial charge in [-0.05, 0) is 42.3 Å². The number of hydrogen-bond acceptors (Lipinski definition) is 3. The van der Waals surface area contributed by atoms with Crippen molar-refractivity contribution >= 4 is 17.5 Å². The van der Waals surface area contributed by atoms with Crippen LogP contribution in [0.3, 0.4) is 0 Å². The van der Waals surface area contributed by atoms with Crippen LogP contribution < -0.4 is 10.6 Å². The Morgan fingerprint density at radius 2 is 1.88 bits per heavy atom. The molecule has 2 rings (SSSR count). The van der Waals surface area contributed by atoms with Crippen LogP contribution in [0.15, 0.2) is 42.5 Å². The van der Waals surface area contributed by atoms with E-state index in [-0.39, 0.29) is 12.2 Å². The average molecular weight is 348 g/mol. The van der Waals surface area contributed by atoms with E-state index in [1.165, 1.54) is 37.4 Å². The Morgan fingerprint density at radius 1 is 1.12 bits per heavy atom. The molecule has 0 saturated carbocycles. The molecule has 0 aliphatic carbocycles. The van der Waals surface area contributed by atoms with Crippen LogP contribution in [0, 0.1) is 18.6 Å². The van der Waals surface area contributed by atoms with E-state index in [0.717, 1.165) is 6.07 Å². The third-order valence-electron chi connectivity index (χ3n) is 3.59. The van der Waals surface area contributed by atoms with Gasteiger partial charge in [0.15, 0.2) is 0 Å². The topological polar surface area (TPSA) is 67.4 Å². The van der Waals surface area contributed by atoms with Gasteiger partial charge in [-0.2, -0.15) is 0 Å². The largest absolute Gasteiger partial charge is 0.375 e. The molecule has 2 amide bonds. The van der Waals surface area contributed by atoms with Crippen molar-refractivity contribution in [1.82, 2.24) is 5.32 Å². The number of nitrogens with one attached hydrogen (secondary N) is 2. The first-order valence-corrected chi connectivity index (χ1v) is 7.54. The monoisotopic (exact) mass is 348 g/mol. The summed E-state index contributed by atoms with van der Waals surface area (Å²) < 4.78 is 31.9. The molecule has 0 bridgehead atoms. The fraction of sp³-hybridized carbons (Fsp3) is 0.222. The molecule has 7 heteroatoms. The van der Waals surface area contributed by atoms with E-state index in [4.69, 9.17) is 4.74 Å². The molecule has 0 aromatic heterocycles. The highest BCUT2D eigenvalue weighted by Crippen LogP contribution is 2.17. The predicted molar refractivity (Wildman–Crippen MR) is 88.9 cm³/mol. The summed E-state index contributed by atoms with van der Waals surface area (Å²) >= 11 is 0. The second kappa shape index (κ2) is 8.34. The van der Waals surface area contributed by atoms with Crippen molar-refractivity contribution in [3.8, 4) is 0 Å². The van der Waals surface area contributed by atoms with Crippen molar-refractivity contribution in [3.05, 3.63) is 65.2 Å². The number of carbonyl (C=O) groups is 2. The smallest absolute Gasteiger partial charge is 0.313 e. The van der Waals surface area contributed by atoms with Crippen molar-refractivity contribution in [2.24, 2.45) is 0 Å². The number of hydrogen-bond donors (Lipinski definition) is 2. The molecule has 25 heavy (non-hydrogen) atoms. The highest BCUT2D eigenvalue weighted by molar-refractivity contribution is 6.39. The number of ether oxygens (including phenoxy) is 1. The zero-order chi connectivity index (χ0) is 18.4. The molecule has 0 heterocycles. The van der Waals surface area contributed by atoms with Gasteiger partial charge >= 0.3 is 11.8 Å². The fourth-order valence-corrected chi connectivity index (χ4v) is 2.17. The molecule has 1 atom stereocenters. The highest BCUT2D eigenvalue weighted by Gasteiger charge is 2.18. The Balaban J connectivity index is 1.93. The number of carbonyl (C=O) groups excluding carboxylic acids is 2. The van der Waals surface area contributed by atoms with E-state index in [1.54, 1.807) is 13.0 Å². The molecular weight excluding hydrogens is 330 g/mol. The number of aryl methyl sites for hydroxylation is 1. The van der Waals surface area contributed by atoms with E-state index in [9.17, 15) is 18.4 Å². The van der Waals surface area contributed by atoms with Crippen LogP contribution in [0.2, 0.25) is 0 Å². The summed E-state index contributed by atoms with van der Waals surface area (Å²) in [6, 6.07) is 9.88. The molecule has 0 unspecified atom stereocenters. The zero-order valence-corrected chi connectivity index (χ0v) is 13.8. The molecule has 2 aromatic carbocycles. The lowest BCUT2D eigenvalue weighted by molar-refractivity contribution is -0.136. The lowest BCUT2D eigenvalue weighted by Gasteiger charge is -2.16. The van der Waals surface area contributed by atoms with Gasteiger partial charge in [-0.25, -0.2) is 8.78 Å². The molecule has 132 valence electrons. The van der Waals surface area contributed by atoms with Gasteiger partial charge in [-0.15, -0.1) is 0 Å². The van der Waals surface area contributed by atoms with Gasteiger partial charge in [0.1, 0.15) is 11.6 Å². The second-order valence-electron chi connectivity index (χ2n) is 5.41. The molecule has 0 fully saturated rings. The maximum absolute atomic E-state index is 13.5. The Kier molecular flexibility index (Phi) is 6.19. The standard InChI is InChI=1S/C18H18F2N2O3/c1-11-6-7-14(9-15(11)20)22-18(24)17(23)21-10-16(25-2)12-4-3-5-13(19)8-12/h3-9,16H,10H2,1-2H3,(H,21,23)(H,22,24)/t16-/m1/s1. The number of methoxy groups -OCH3 is 1. The summed E-state index contributed by atoms with van der Waals surface area (Å²) in [5.74, 6) is -2.74. The third-order valence-corrected chi connectivity index (χ3v) is 3.59. The number of halogens is 2. The van der Waals surface area contributed by atoms with E-state index in [0.29, 0.717) is 11.1 Å². The molecule has 2 N–H and O–H groups in total. The van der Waals surface area contributed by atoms with E-state index >= 15 is 0 Å². The van der Waals surface area contributed by atoms with E-state index in [1.807, 2.05) is 0 Å². The molecule has 2 aromatic rings. The van der Waals surface area contributed by atoms with Crippen LogP contribution in [-0.2, 0) is 14.3 Å². The van der Waals surface area contributed by atoms with Gasteiger partial charge in [0.2, 0.25) is 0 Å². The third kappa shape index (κ3) is 5.09. The summed E-state index contributed by atoms with van der Waals surface area (Å²) in [5, 5.41) is 4.71. The minimum absolute atomic E-state index is 0.0194. The molecule has 5 nitrogen and oxygen atoms in total. The minimum atomic E-state index is -0.933. The van der Waals surface area contributed by atoms with Crippen molar-refractivity contribution in [3.63, 3.8) is 0 Å². The quantitative estimate of drug-likeness (QED) is 0.817. The second-order valence-corrected chi connectivity index (χ2v) is 5.41.